The van der Waals surface area contributed by atoms with Gasteiger partial charge >= 0.3 is 0 Å². The number of nitrogens with one attached hydrogen (secondary N) is 1. The molecule has 1 rings (SSSR count). The van der Waals surface area contributed by atoms with E-state index in [2.05, 4.69) is 24.1 Å². The predicted octanol–water partition coefficient (Wildman–Crippen LogP) is 2.71. The van der Waals surface area contributed by atoms with E-state index in [1.165, 1.54) is 0 Å². The Bertz CT molecular complexity index is 389. The molecule has 1 aromatic carbocycles. The highest BCUT2D eigenvalue weighted by atomic mass is 19.1. The van der Waals surface area contributed by atoms with Crippen molar-refractivity contribution in [1.29, 1.82) is 0 Å². The van der Waals surface area contributed by atoms with Gasteiger partial charge in [0.2, 0.25) is 0 Å². The van der Waals surface area contributed by atoms with Crippen molar-refractivity contribution < 1.29 is 4.39 Å². The van der Waals surface area contributed by atoms with Crippen molar-refractivity contribution in [2.45, 2.75) is 26.8 Å². The average Bonchev–Trinajstić information content (AvgIpc) is 2.44. The molecule has 114 valence electrons. The Morgan fingerprint density at radius 1 is 1.15 bits per heavy atom. The van der Waals surface area contributed by atoms with E-state index in [0.717, 1.165) is 44.7 Å². The number of rotatable bonds is 9. The van der Waals surface area contributed by atoms with Crippen LogP contribution in [0.25, 0.3) is 0 Å². The molecule has 0 aliphatic carbocycles. The van der Waals surface area contributed by atoms with Crippen LogP contribution < -0.4 is 10.2 Å². The lowest BCUT2D eigenvalue weighted by atomic mass is 10.2. The number of hydrogen-bond donors (Lipinski definition) is 1. The normalized spacial score (nSPS) is 11.1. The molecule has 0 aliphatic rings. The molecule has 0 aliphatic heterocycles. The van der Waals surface area contributed by atoms with Crippen molar-refractivity contribution in [2.75, 3.05) is 45.2 Å². The zero-order chi connectivity index (χ0) is 15.0. The maximum absolute atomic E-state index is 13.6. The lowest BCUT2D eigenvalue weighted by Crippen LogP contribution is -2.27. The summed E-state index contributed by atoms with van der Waals surface area (Å²) in [5, 5.41) is 3.42. The molecule has 20 heavy (non-hydrogen) atoms. The zero-order valence-electron chi connectivity index (χ0n) is 13.2. The minimum absolute atomic E-state index is 0.166. The molecule has 0 heterocycles. The first-order chi connectivity index (χ1) is 9.58. The monoisotopic (exact) mass is 281 g/mol. The third-order valence-corrected chi connectivity index (χ3v) is 3.54. The summed E-state index contributed by atoms with van der Waals surface area (Å²) in [6.45, 7) is 9.52. The Labute approximate surface area is 122 Å². The number of benzene rings is 1. The Balaban J connectivity index is 2.34. The molecule has 3 nitrogen and oxygen atoms in total. The average molecular weight is 281 g/mol. The second-order valence-corrected chi connectivity index (χ2v) is 5.24. The van der Waals surface area contributed by atoms with E-state index in [0.29, 0.717) is 5.69 Å². The molecule has 0 aromatic heterocycles. The maximum atomic E-state index is 13.6. The molecular formula is C16H28FN3. The Morgan fingerprint density at radius 3 is 2.45 bits per heavy atom. The quantitative estimate of drug-likeness (QED) is 0.702. The van der Waals surface area contributed by atoms with Gasteiger partial charge in [0.25, 0.3) is 0 Å². The van der Waals surface area contributed by atoms with Crippen molar-refractivity contribution >= 4 is 5.69 Å². The van der Waals surface area contributed by atoms with E-state index in [4.69, 9.17) is 0 Å². The number of hydrogen-bond acceptors (Lipinski definition) is 3. The van der Waals surface area contributed by atoms with Gasteiger partial charge in [0, 0.05) is 20.6 Å². The van der Waals surface area contributed by atoms with E-state index < -0.39 is 0 Å². The van der Waals surface area contributed by atoms with Gasteiger partial charge in [-0.25, -0.2) is 4.39 Å². The van der Waals surface area contributed by atoms with Gasteiger partial charge in [-0.2, -0.15) is 0 Å². The molecule has 1 N–H and O–H groups in total. The van der Waals surface area contributed by atoms with Gasteiger partial charge in [-0.05, 0) is 50.3 Å². The molecule has 0 saturated carbocycles. The van der Waals surface area contributed by atoms with Crippen LogP contribution in [0.4, 0.5) is 10.1 Å². The van der Waals surface area contributed by atoms with Crippen LogP contribution >= 0.6 is 0 Å². The Kier molecular flexibility index (Phi) is 7.55. The van der Waals surface area contributed by atoms with E-state index in [1.54, 1.807) is 11.0 Å². The topological polar surface area (TPSA) is 18.5 Å². The summed E-state index contributed by atoms with van der Waals surface area (Å²) in [4.78, 5) is 4.23. The van der Waals surface area contributed by atoms with E-state index >= 15 is 0 Å². The van der Waals surface area contributed by atoms with Crippen LogP contribution in [0.1, 0.15) is 25.8 Å². The second-order valence-electron chi connectivity index (χ2n) is 5.24. The van der Waals surface area contributed by atoms with Crippen LogP contribution in [0.2, 0.25) is 0 Å². The van der Waals surface area contributed by atoms with Crippen LogP contribution in [-0.2, 0) is 6.54 Å². The summed E-state index contributed by atoms with van der Waals surface area (Å²) >= 11 is 0. The van der Waals surface area contributed by atoms with Crippen molar-refractivity contribution in [2.24, 2.45) is 0 Å². The highest BCUT2D eigenvalue weighted by Crippen LogP contribution is 2.18. The van der Waals surface area contributed by atoms with Gasteiger partial charge in [0.05, 0.1) is 5.69 Å². The first kappa shape index (κ1) is 16.9. The lowest BCUT2D eigenvalue weighted by Gasteiger charge is -2.18. The van der Waals surface area contributed by atoms with Gasteiger partial charge in [0.15, 0.2) is 0 Å². The third-order valence-electron chi connectivity index (χ3n) is 3.54. The molecular weight excluding hydrogens is 253 g/mol. The summed E-state index contributed by atoms with van der Waals surface area (Å²) in [6.07, 6.45) is 1.14. The largest absolute Gasteiger partial charge is 0.375 e. The molecule has 4 heteroatoms. The molecule has 0 radical (unpaired) electrons. The van der Waals surface area contributed by atoms with Crippen molar-refractivity contribution in [3.63, 3.8) is 0 Å². The fourth-order valence-corrected chi connectivity index (χ4v) is 2.21. The highest BCUT2D eigenvalue weighted by molar-refractivity contribution is 5.48. The molecule has 0 spiro atoms. The van der Waals surface area contributed by atoms with E-state index in [-0.39, 0.29) is 5.82 Å². The van der Waals surface area contributed by atoms with Gasteiger partial charge < -0.3 is 15.1 Å². The molecule has 0 fully saturated rings. The highest BCUT2D eigenvalue weighted by Gasteiger charge is 2.05. The van der Waals surface area contributed by atoms with Crippen LogP contribution in [-0.4, -0.2) is 45.2 Å². The molecule has 0 amide bonds. The minimum Gasteiger partial charge on any atom is -0.375 e. The van der Waals surface area contributed by atoms with Crippen LogP contribution in [0.15, 0.2) is 18.2 Å². The van der Waals surface area contributed by atoms with E-state index in [1.807, 2.05) is 26.2 Å². The van der Waals surface area contributed by atoms with Crippen LogP contribution in [0.5, 0.6) is 0 Å². The second kappa shape index (κ2) is 8.93. The fraction of sp³-hybridized carbons (Fsp3) is 0.625. The standard InChI is InChI=1S/C16H28FN3/c1-5-20(6-2)11-7-10-18-13-14-8-9-15(17)16(12-14)19(3)4/h8-9,12,18H,5-7,10-11,13H2,1-4H3. The van der Waals surface area contributed by atoms with Crippen molar-refractivity contribution in [3.05, 3.63) is 29.6 Å². The number of halogens is 1. The zero-order valence-corrected chi connectivity index (χ0v) is 13.2. The molecule has 0 bridgehead atoms. The minimum atomic E-state index is -0.166. The summed E-state index contributed by atoms with van der Waals surface area (Å²) in [7, 11) is 3.72. The summed E-state index contributed by atoms with van der Waals surface area (Å²) in [5.74, 6) is -0.166. The number of nitrogens with zero attached hydrogens (tertiary/aromatic N) is 2. The lowest BCUT2D eigenvalue weighted by molar-refractivity contribution is 0.298. The maximum Gasteiger partial charge on any atom is 0.146 e. The van der Waals surface area contributed by atoms with Crippen LogP contribution in [0.3, 0.4) is 0 Å². The van der Waals surface area contributed by atoms with Crippen molar-refractivity contribution in [3.8, 4) is 0 Å². The third kappa shape index (κ3) is 5.47. The Hall–Kier alpha value is -1.13. The van der Waals surface area contributed by atoms with Gasteiger partial charge in [-0.3, -0.25) is 0 Å². The summed E-state index contributed by atoms with van der Waals surface area (Å²) in [6, 6.07) is 5.30. The first-order valence-electron chi connectivity index (χ1n) is 7.47. The van der Waals surface area contributed by atoms with Gasteiger partial charge in [0.1, 0.15) is 5.82 Å². The fourth-order valence-electron chi connectivity index (χ4n) is 2.21. The summed E-state index contributed by atoms with van der Waals surface area (Å²) in [5.41, 5.74) is 1.77. The van der Waals surface area contributed by atoms with E-state index in [9.17, 15) is 4.39 Å². The van der Waals surface area contributed by atoms with Gasteiger partial charge in [-0.1, -0.05) is 19.9 Å². The molecule has 1 aromatic rings. The first-order valence-corrected chi connectivity index (χ1v) is 7.47. The van der Waals surface area contributed by atoms with Crippen LogP contribution in [0, 0.1) is 5.82 Å². The molecule has 0 atom stereocenters. The summed E-state index contributed by atoms with van der Waals surface area (Å²) < 4.78 is 13.6. The van der Waals surface area contributed by atoms with Crippen molar-refractivity contribution in [1.82, 2.24) is 10.2 Å². The van der Waals surface area contributed by atoms with Gasteiger partial charge in [-0.15, -0.1) is 0 Å². The Morgan fingerprint density at radius 2 is 1.85 bits per heavy atom. The predicted molar refractivity (Wildman–Crippen MR) is 84.8 cm³/mol. The number of anilines is 1. The molecule has 0 saturated heterocycles. The smallest absolute Gasteiger partial charge is 0.146 e. The molecule has 0 unspecified atom stereocenters. The SMILES string of the molecule is CCN(CC)CCCNCc1ccc(F)c(N(C)C)c1.